The molecule has 1 amide bonds. The van der Waals surface area contributed by atoms with E-state index in [0.29, 0.717) is 16.1 Å². The van der Waals surface area contributed by atoms with Gasteiger partial charge in [-0.05, 0) is 35.7 Å². The van der Waals surface area contributed by atoms with Crippen LogP contribution < -0.4 is 5.32 Å². The maximum atomic E-state index is 12.2. The molecular weight excluding hydrogens is 344 g/mol. The average Bonchev–Trinajstić information content (AvgIpc) is 2.56. The van der Waals surface area contributed by atoms with Crippen LogP contribution in [0.15, 0.2) is 48.5 Å². The summed E-state index contributed by atoms with van der Waals surface area (Å²) in [4.78, 5) is 23.2. The van der Waals surface area contributed by atoms with Crippen molar-refractivity contribution in [1.82, 2.24) is 5.32 Å². The van der Waals surface area contributed by atoms with Crippen LogP contribution in [0.3, 0.4) is 0 Å². The summed E-state index contributed by atoms with van der Waals surface area (Å²) in [5.41, 5.74) is 1.28. The number of rotatable bonds is 7. The Bertz CT molecular complexity index is 768. The van der Waals surface area contributed by atoms with Gasteiger partial charge in [0.15, 0.2) is 0 Å². The van der Waals surface area contributed by atoms with Gasteiger partial charge in [-0.3, -0.25) is 4.79 Å². The minimum atomic E-state index is -1.79. The molecule has 6 nitrogen and oxygen atoms in total. The molecule has 0 heterocycles. The van der Waals surface area contributed by atoms with Crippen molar-refractivity contribution >= 4 is 30.6 Å². The van der Waals surface area contributed by atoms with E-state index in [0.717, 1.165) is 0 Å². The molecule has 2 aromatic rings. The molecule has 2 aromatic carbocycles. The van der Waals surface area contributed by atoms with Gasteiger partial charge in [-0.15, -0.1) is 0 Å². The molecule has 0 bridgehead atoms. The number of nitrogens with one attached hydrogen (secondary N) is 1. The van der Waals surface area contributed by atoms with Gasteiger partial charge in [0, 0.05) is 5.02 Å². The first kappa shape index (κ1) is 19.0. The fraction of sp³-hybridized carbons (Fsp3) is 0.176. The number of hydrogen-bond acceptors (Lipinski definition) is 4. The number of aromatic carboxylic acids is 1. The molecule has 0 aliphatic heterocycles. The highest BCUT2D eigenvalue weighted by atomic mass is 35.5. The van der Waals surface area contributed by atoms with Crippen molar-refractivity contribution in [3.63, 3.8) is 0 Å². The first-order valence-corrected chi connectivity index (χ1v) is 7.95. The summed E-state index contributed by atoms with van der Waals surface area (Å²) in [6, 6.07) is 13.0. The summed E-state index contributed by atoms with van der Waals surface area (Å²) in [5.74, 6) is -2.47. The molecule has 4 N–H and O–H groups in total. The summed E-state index contributed by atoms with van der Waals surface area (Å²) in [6.45, 7) is 0. The van der Waals surface area contributed by atoms with Crippen molar-refractivity contribution in [3.8, 4) is 0 Å². The van der Waals surface area contributed by atoms with Crippen LogP contribution in [0.25, 0.3) is 0 Å². The number of halogens is 1. The molecule has 0 saturated heterocycles. The van der Waals surface area contributed by atoms with E-state index in [1.807, 2.05) is 0 Å². The monoisotopic (exact) mass is 361 g/mol. The van der Waals surface area contributed by atoms with Gasteiger partial charge in [-0.2, -0.15) is 0 Å². The molecule has 25 heavy (non-hydrogen) atoms. The van der Waals surface area contributed by atoms with Crippen molar-refractivity contribution < 1.29 is 24.7 Å². The fourth-order valence-electron chi connectivity index (χ4n) is 2.39. The molecule has 0 saturated carbocycles. The predicted octanol–water partition coefficient (Wildman–Crippen LogP) is 1.32. The highest BCUT2D eigenvalue weighted by molar-refractivity contribution is 6.43. The molecule has 0 fully saturated rings. The van der Waals surface area contributed by atoms with Crippen LogP contribution in [-0.4, -0.2) is 40.1 Å². The van der Waals surface area contributed by atoms with Gasteiger partial charge >= 0.3 is 13.1 Å². The third kappa shape index (κ3) is 5.60. The van der Waals surface area contributed by atoms with Crippen LogP contribution in [0, 0.1) is 0 Å². The van der Waals surface area contributed by atoms with Crippen LogP contribution in [0.2, 0.25) is 5.02 Å². The number of hydrogen-bond donors (Lipinski definition) is 4. The average molecular weight is 362 g/mol. The Labute approximate surface area is 150 Å². The number of carboxylic acids is 1. The summed E-state index contributed by atoms with van der Waals surface area (Å²) in [5, 5.41) is 31.0. The summed E-state index contributed by atoms with van der Waals surface area (Å²) >= 11 is 6.01. The second-order valence-electron chi connectivity index (χ2n) is 5.57. The molecule has 0 radical (unpaired) electrons. The van der Waals surface area contributed by atoms with Crippen molar-refractivity contribution in [2.75, 3.05) is 0 Å². The Morgan fingerprint density at radius 2 is 1.84 bits per heavy atom. The van der Waals surface area contributed by atoms with Crippen molar-refractivity contribution in [3.05, 3.63) is 70.2 Å². The number of carboxylic acid groups (broad SMARTS) is 1. The Hall–Kier alpha value is -2.35. The third-order valence-electron chi connectivity index (χ3n) is 3.64. The van der Waals surface area contributed by atoms with Crippen LogP contribution in [0.5, 0.6) is 0 Å². The molecule has 1 atom stereocenters. The molecule has 0 unspecified atom stereocenters. The molecule has 8 heteroatoms. The number of benzene rings is 2. The van der Waals surface area contributed by atoms with Crippen LogP contribution in [0.1, 0.15) is 21.5 Å². The van der Waals surface area contributed by atoms with Gasteiger partial charge in [0.05, 0.1) is 17.9 Å². The lowest BCUT2D eigenvalue weighted by molar-refractivity contribution is -0.120. The lowest BCUT2D eigenvalue weighted by Gasteiger charge is -2.18. The quantitative estimate of drug-likeness (QED) is 0.557. The Morgan fingerprint density at radius 1 is 1.12 bits per heavy atom. The second-order valence-corrected chi connectivity index (χ2v) is 5.97. The van der Waals surface area contributed by atoms with Crippen molar-refractivity contribution in [2.45, 2.75) is 18.8 Å². The molecule has 0 aliphatic carbocycles. The molecule has 0 aliphatic rings. The topological polar surface area (TPSA) is 107 Å². The van der Waals surface area contributed by atoms with Gasteiger partial charge < -0.3 is 20.5 Å². The van der Waals surface area contributed by atoms with E-state index >= 15 is 0 Å². The van der Waals surface area contributed by atoms with Crippen LogP contribution in [0.4, 0.5) is 0 Å². The van der Waals surface area contributed by atoms with Crippen LogP contribution >= 0.6 is 11.6 Å². The zero-order valence-corrected chi connectivity index (χ0v) is 14.0. The Morgan fingerprint density at radius 3 is 2.48 bits per heavy atom. The molecule has 0 spiro atoms. The van der Waals surface area contributed by atoms with E-state index < -0.39 is 24.9 Å². The maximum Gasteiger partial charge on any atom is 0.475 e. The minimum Gasteiger partial charge on any atom is -0.478 e. The zero-order valence-electron chi connectivity index (χ0n) is 13.2. The lowest BCUT2D eigenvalue weighted by atomic mass is 9.75. The van der Waals surface area contributed by atoms with Crippen molar-refractivity contribution in [1.29, 1.82) is 0 Å². The van der Waals surface area contributed by atoms with Gasteiger partial charge in [-0.1, -0.05) is 41.9 Å². The summed E-state index contributed by atoms with van der Waals surface area (Å²) in [7, 11) is -1.79. The predicted molar refractivity (Wildman–Crippen MR) is 94.4 cm³/mol. The Balaban J connectivity index is 2.05. The van der Waals surface area contributed by atoms with Gasteiger partial charge in [0.2, 0.25) is 5.91 Å². The Kier molecular flexibility index (Phi) is 6.58. The van der Waals surface area contributed by atoms with Crippen molar-refractivity contribution in [2.24, 2.45) is 0 Å². The van der Waals surface area contributed by atoms with E-state index in [1.165, 1.54) is 12.1 Å². The molecule has 130 valence electrons. The van der Waals surface area contributed by atoms with Gasteiger partial charge in [-0.25, -0.2) is 4.79 Å². The van der Waals surface area contributed by atoms with Crippen LogP contribution in [-0.2, 0) is 17.6 Å². The fourth-order valence-corrected chi connectivity index (χ4v) is 2.59. The highest BCUT2D eigenvalue weighted by Gasteiger charge is 2.26. The van der Waals surface area contributed by atoms with E-state index in [4.69, 9.17) is 16.7 Å². The second kappa shape index (κ2) is 8.66. The maximum absolute atomic E-state index is 12.2. The molecular formula is C17H17BClNO5. The number of carbonyl (C=O) groups excluding carboxylic acids is 1. The molecule has 2 rings (SSSR count). The normalized spacial score (nSPS) is 11.6. The lowest BCUT2D eigenvalue weighted by Crippen LogP contribution is -2.48. The smallest absolute Gasteiger partial charge is 0.475 e. The first-order valence-electron chi connectivity index (χ1n) is 7.58. The first-order chi connectivity index (χ1) is 11.9. The van der Waals surface area contributed by atoms with E-state index in [2.05, 4.69) is 5.32 Å². The van der Waals surface area contributed by atoms with E-state index in [9.17, 15) is 19.6 Å². The van der Waals surface area contributed by atoms with Gasteiger partial charge in [0.1, 0.15) is 0 Å². The SMILES string of the molecule is O=C(Cc1ccccc1Cl)N[C@@H](Cc1cccc(C(=O)O)c1)B(O)O. The van der Waals surface area contributed by atoms with E-state index in [-0.39, 0.29) is 18.4 Å². The molecule has 0 aromatic heterocycles. The number of amides is 1. The number of carbonyl (C=O) groups is 2. The summed E-state index contributed by atoms with van der Waals surface area (Å²) in [6.07, 6.45) is 0.0745. The standard InChI is InChI=1S/C17H17BClNO5/c19-14-7-2-1-5-12(14)10-16(21)20-15(18(24)25)9-11-4-3-6-13(8-11)17(22)23/h1-8,15,24-25H,9-10H2,(H,20,21)(H,22,23)/t15-/m0/s1. The summed E-state index contributed by atoms with van der Waals surface area (Å²) < 4.78 is 0. The largest absolute Gasteiger partial charge is 0.478 e. The zero-order chi connectivity index (χ0) is 18.4. The van der Waals surface area contributed by atoms with Gasteiger partial charge in [0.25, 0.3) is 0 Å². The highest BCUT2D eigenvalue weighted by Crippen LogP contribution is 2.15. The minimum absolute atomic E-state index is 0.00193. The third-order valence-corrected chi connectivity index (χ3v) is 4.01. The van der Waals surface area contributed by atoms with E-state index in [1.54, 1.807) is 36.4 Å².